The van der Waals surface area contributed by atoms with Gasteiger partial charge in [0.1, 0.15) is 17.7 Å². The second kappa shape index (κ2) is 14.4. The summed E-state index contributed by atoms with van der Waals surface area (Å²) in [6, 6.07) is -1.55. The fourth-order valence-electron chi connectivity index (χ4n) is 6.68. The molecule has 1 spiro atoms. The Balaban J connectivity index is 1.91. The van der Waals surface area contributed by atoms with Gasteiger partial charge in [0.2, 0.25) is 17.7 Å². The number of allylic oxidation sites excluding steroid dienone is 1. The number of unbranched alkanes of at least 4 members (excludes halogenated alkanes) is 1. The average Bonchev–Trinajstić information content (AvgIpc) is 3.60. The lowest BCUT2D eigenvalue weighted by Crippen LogP contribution is -2.59. The van der Waals surface area contributed by atoms with Crippen molar-refractivity contribution in [3.05, 3.63) is 25.3 Å². The van der Waals surface area contributed by atoms with Gasteiger partial charge in [-0.2, -0.15) is 0 Å². The number of nitrogens with one attached hydrogen (secondary N) is 1. The van der Waals surface area contributed by atoms with Gasteiger partial charge < -0.3 is 29.7 Å². The number of aliphatic hydroxyl groups is 1. The van der Waals surface area contributed by atoms with Crippen LogP contribution in [0.2, 0.25) is 0 Å². The number of carbonyl (C=O) groups is 4. The van der Waals surface area contributed by atoms with E-state index in [9.17, 15) is 24.3 Å². The lowest BCUT2D eigenvalue weighted by Gasteiger charge is -2.41. The number of hydrogen-bond acceptors (Lipinski definition) is 7. The highest BCUT2D eigenvalue weighted by atomic mass is 16.6. The molecule has 0 aromatic heterocycles. The summed E-state index contributed by atoms with van der Waals surface area (Å²) in [6.07, 6.45) is 6.42. The Hall–Kier alpha value is -2.72. The van der Waals surface area contributed by atoms with Crippen LogP contribution < -0.4 is 5.32 Å². The van der Waals surface area contributed by atoms with Gasteiger partial charge in [0, 0.05) is 19.5 Å². The van der Waals surface area contributed by atoms with Crippen LogP contribution in [-0.2, 0) is 28.7 Å². The summed E-state index contributed by atoms with van der Waals surface area (Å²) in [5.41, 5.74) is -1.17. The molecule has 10 heteroatoms. The molecular weight excluding hydrogens is 526 g/mol. The standard InChI is InChI=1S/C31H49N3O7/c1-7-11-13-24(36)32-18-21(6)40-30(39)25-23-14-15-31(41-23)26(25)28(37)34(22(19-35)20(5)10-4)27(31)29(38)33(16-9-3)17-12-8-2/h7,9,20-23,25-27,35H,1,3,8,10-19H2,2,4-6H3,(H,32,36)/t20-,21+,22-,23+,25-,26-,27+,31-/m0/s1. The Labute approximate surface area is 244 Å². The summed E-state index contributed by atoms with van der Waals surface area (Å²) >= 11 is 0. The van der Waals surface area contributed by atoms with Gasteiger partial charge in [0.15, 0.2) is 0 Å². The maximum Gasteiger partial charge on any atom is 0.312 e. The van der Waals surface area contributed by atoms with Crippen molar-refractivity contribution in [2.24, 2.45) is 17.8 Å². The molecule has 0 aliphatic carbocycles. The Morgan fingerprint density at radius 3 is 2.61 bits per heavy atom. The van der Waals surface area contributed by atoms with E-state index in [1.165, 1.54) is 4.90 Å². The summed E-state index contributed by atoms with van der Waals surface area (Å²) in [7, 11) is 0. The smallest absolute Gasteiger partial charge is 0.312 e. The van der Waals surface area contributed by atoms with E-state index in [0.717, 1.165) is 12.8 Å². The van der Waals surface area contributed by atoms with E-state index >= 15 is 0 Å². The fourth-order valence-corrected chi connectivity index (χ4v) is 6.68. The molecule has 8 atom stereocenters. The molecule has 3 heterocycles. The molecule has 3 amide bonds. The number of ether oxygens (including phenoxy) is 2. The molecule has 3 rings (SSSR count). The Kier molecular flexibility index (Phi) is 11.6. The van der Waals surface area contributed by atoms with Crippen LogP contribution in [0, 0.1) is 17.8 Å². The third-order valence-corrected chi connectivity index (χ3v) is 9.01. The lowest BCUT2D eigenvalue weighted by molar-refractivity contribution is -0.160. The highest BCUT2D eigenvalue weighted by Crippen LogP contribution is 2.59. The molecule has 2 bridgehead atoms. The van der Waals surface area contributed by atoms with E-state index in [1.54, 1.807) is 24.0 Å². The van der Waals surface area contributed by atoms with Crippen molar-refractivity contribution < 1.29 is 33.8 Å². The van der Waals surface area contributed by atoms with Crippen molar-refractivity contribution in [3.63, 3.8) is 0 Å². The highest BCUT2D eigenvalue weighted by Gasteiger charge is 2.75. The molecule has 3 saturated heterocycles. The molecule has 41 heavy (non-hydrogen) atoms. The summed E-state index contributed by atoms with van der Waals surface area (Å²) in [6.45, 7) is 15.8. The minimum Gasteiger partial charge on any atom is -0.460 e. The van der Waals surface area contributed by atoms with E-state index < -0.39 is 47.7 Å². The molecule has 2 N–H and O–H groups in total. The molecule has 230 valence electrons. The van der Waals surface area contributed by atoms with Crippen molar-refractivity contribution >= 4 is 23.7 Å². The molecule has 0 unspecified atom stereocenters. The molecule has 3 aliphatic heterocycles. The average molecular weight is 576 g/mol. The van der Waals surface area contributed by atoms with Crippen LogP contribution in [0.25, 0.3) is 0 Å². The first kappa shape index (κ1) is 32.8. The second-order valence-corrected chi connectivity index (χ2v) is 11.7. The molecule has 0 aromatic carbocycles. The molecule has 10 nitrogen and oxygen atoms in total. The number of carbonyl (C=O) groups excluding carboxylic acids is 4. The minimum absolute atomic E-state index is 0.0784. The van der Waals surface area contributed by atoms with Crippen LogP contribution in [0.5, 0.6) is 0 Å². The monoisotopic (exact) mass is 575 g/mol. The van der Waals surface area contributed by atoms with Gasteiger partial charge in [0.05, 0.1) is 37.1 Å². The molecule has 3 aliphatic rings. The number of nitrogens with zero attached hydrogens (tertiary/aromatic N) is 2. The van der Waals surface area contributed by atoms with Gasteiger partial charge in [-0.1, -0.05) is 45.8 Å². The zero-order valence-corrected chi connectivity index (χ0v) is 25.2. The Bertz CT molecular complexity index is 987. The highest BCUT2D eigenvalue weighted by molar-refractivity contribution is 5.98. The predicted molar refractivity (Wildman–Crippen MR) is 154 cm³/mol. The third kappa shape index (κ3) is 6.53. The topological polar surface area (TPSA) is 125 Å². The van der Waals surface area contributed by atoms with Crippen molar-refractivity contribution in [3.8, 4) is 0 Å². The van der Waals surface area contributed by atoms with Crippen LogP contribution in [-0.4, -0.2) is 94.7 Å². The maximum atomic E-state index is 14.3. The quantitative estimate of drug-likeness (QED) is 0.202. The molecule has 0 aromatic rings. The van der Waals surface area contributed by atoms with Gasteiger partial charge in [0.25, 0.3) is 0 Å². The number of amides is 3. The lowest BCUT2D eigenvalue weighted by atomic mass is 9.70. The number of esters is 1. The Morgan fingerprint density at radius 1 is 1.27 bits per heavy atom. The van der Waals surface area contributed by atoms with Crippen LogP contribution in [0.15, 0.2) is 25.3 Å². The van der Waals surface area contributed by atoms with Crippen LogP contribution in [0.1, 0.15) is 72.6 Å². The minimum atomic E-state index is -1.17. The van der Waals surface area contributed by atoms with E-state index in [1.807, 2.05) is 20.8 Å². The normalized spacial score (nSPS) is 28.5. The molecule has 0 radical (unpaired) electrons. The van der Waals surface area contributed by atoms with Gasteiger partial charge >= 0.3 is 5.97 Å². The van der Waals surface area contributed by atoms with E-state index in [4.69, 9.17) is 9.47 Å². The first-order chi connectivity index (χ1) is 19.6. The predicted octanol–water partition coefficient (Wildman–Crippen LogP) is 2.60. The van der Waals surface area contributed by atoms with Crippen LogP contribution >= 0.6 is 0 Å². The van der Waals surface area contributed by atoms with E-state index in [-0.39, 0.29) is 36.8 Å². The molecular formula is C31H49N3O7. The third-order valence-electron chi connectivity index (χ3n) is 9.01. The van der Waals surface area contributed by atoms with Gasteiger partial charge in [-0.25, -0.2) is 0 Å². The van der Waals surface area contributed by atoms with Crippen LogP contribution in [0.3, 0.4) is 0 Å². The summed E-state index contributed by atoms with van der Waals surface area (Å²) in [4.78, 5) is 57.4. The number of likely N-dealkylation sites (tertiary alicyclic amines) is 1. The maximum absolute atomic E-state index is 14.3. The summed E-state index contributed by atoms with van der Waals surface area (Å²) in [5.74, 6) is -3.13. The van der Waals surface area contributed by atoms with Gasteiger partial charge in [-0.05, 0) is 38.5 Å². The van der Waals surface area contributed by atoms with Crippen molar-refractivity contribution in [2.45, 2.75) is 103 Å². The number of rotatable bonds is 17. The molecule has 0 saturated carbocycles. The summed E-state index contributed by atoms with van der Waals surface area (Å²) < 4.78 is 12.3. The number of hydrogen-bond donors (Lipinski definition) is 2. The van der Waals surface area contributed by atoms with Gasteiger partial charge in [-0.3, -0.25) is 19.2 Å². The largest absolute Gasteiger partial charge is 0.460 e. The fraction of sp³-hybridized carbons (Fsp3) is 0.742. The molecule has 3 fully saturated rings. The summed E-state index contributed by atoms with van der Waals surface area (Å²) in [5, 5.41) is 13.2. The van der Waals surface area contributed by atoms with Gasteiger partial charge in [-0.15, -0.1) is 13.2 Å². The zero-order valence-electron chi connectivity index (χ0n) is 25.2. The number of aliphatic hydroxyl groups excluding tert-OH is 1. The second-order valence-electron chi connectivity index (χ2n) is 11.7. The van der Waals surface area contributed by atoms with Crippen molar-refractivity contribution in [2.75, 3.05) is 26.2 Å². The van der Waals surface area contributed by atoms with Crippen molar-refractivity contribution in [1.29, 1.82) is 0 Å². The number of fused-ring (bicyclic) bond motifs is 1. The van der Waals surface area contributed by atoms with E-state index in [0.29, 0.717) is 45.2 Å². The van der Waals surface area contributed by atoms with E-state index in [2.05, 4.69) is 18.5 Å². The SMILES string of the molecule is C=CCCC(=O)NC[C@@H](C)OC(=O)[C@@H]1[C@H]2C(=O)N([C@@H](CO)[C@@H](C)CC)[C@H](C(=O)N(CC=C)CCCC)[C@]23CC[C@H]1O3. The Morgan fingerprint density at radius 2 is 2.00 bits per heavy atom. The first-order valence-electron chi connectivity index (χ1n) is 15.2. The van der Waals surface area contributed by atoms with Crippen LogP contribution in [0.4, 0.5) is 0 Å². The van der Waals surface area contributed by atoms with Crippen molar-refractivity contribution in [1.82, 2.24) is 15.1 Å². The zero-order chi connectivity index (χ0) is 30.3. The first-order valence-corrected chi connectivity index (χ1v) is 15.2.